The molecule has 1 aliphatic rings. The molecule has 0 saturated heterocycles. The van der Waals surface area contributed by atoms with E-state index in [1.165, 1.54) is 0 Å². The monoisotopic (exact) mass is 99.0 g/mol. The maximum Gasteiger partial charge on any atom is 0.411 e. The summed E-state index contributed by atoms with van der Waals surface area (Å²) in [6, 6.07) is 0. The Morgan fingerprint density at radius 1 is 1.86 bits per heavy atom. The molecule has 0 aromatic rings. The number of hydrogen-bond donors (Lipinski definition) is 1. The molecule has 0 radical (unpaired) electrons. The fraction of sp³-hybridized carbons (Fsp3) is 0.250. The number of amides is 1. The van der Waals surface area contributed by atoms with E-state index in [-0.39, 0.29) is 6.09 Å². The first-order valence-corrected chi connectivity index (χ1v) is 1.98. The van der Waals surface area contributed by atoms with E-state index in [0.717, 1.165) is 0 Å². The number of nitrogens with one attached hydrogen (secondary N) is 1. The smallest absolute Gasteiger partial charge is 0.411 e. The van der Waals surface area contributed by atoms with Crippen LogP contribution in [0.3, 0.4) is 0 Å². The molecule has 1 heterocycles. The molecule has 0 aliphatic carbocycles. The van der Waals surface area contributed by atoms with Gasteiger partial charge in [-0.25, -0.2) is 4.79 Å². The highest BCUT2D eigenvalue weighted by Crippen LogP contribution is 1.83. The number of carbonyl (C=O) groups excluding carboxylic acids is 1. The molecule has 0 aromatic heterocycles. The van der Waals surface area contributed by atoms with E-state index in [2.05, 4.69) is 10.1 Å². The van der Waals surface area contributed by atoms with Crippen LogP contribution in [0, 0.1) is 0 Å². The van der Waals surface area contributed by atoms with E-state index >= 15 is 0 Å². The van der Waals surface area contributed by atoms with Gasteiger partial charge in [0, 0.05) is 6.20 Å². The predicted octanol–water partition coefficient (Wildman–Crippen LogP) is 0.240. The zero-order valence-corrected chi connectivity index (χ0v) is 3.68. The quantitative estimate of drug-likeness (QED) is 0.472. The molecule has 7 heavy (non-hydrogen) atoms. The molecule has 1 rings (SSSR count). The van der Waals surface area contributed by atoms with E-state index in [0.29, 0.717) is 6.61 Å². The number of rotatable bonds is 0. The summed E-state index contributed by atoms with van der Waals surface area (Å²) >= 11 is 0. The van der Waals surface area contributed by atoms with E-state index in [1.807, 2.05) is 0 Å². The Morgan fingerprint density at radius 2 is 2.71 bits per heavy atom. The average Bonchev–Trinajstić information content (AvgIpc) is 1.69. The van der Waals surface area contributed by atoms with Crippen molar-refractivity contribution in [2.75, 3.05) is 6.61 Å². The van der Waals surface area contributed by atoms with Crippen molar-refractivity contribution in [3.8, 4) is 0 Å². The van der Waals surface area contributed by atoms with Gasteiger partial charge < -0.3 is 4.74 Å². The first-order valence-electron chi connectivity index (χ1n) is 1.98. The molecule has 0 unspecified atom stereocenters. The lowest BCUT2D eigenvalue weighted by atomic mass is 10.6. The number of carbonyl (C=O) groups is 1. The van der Waals surface area contributed by atoms with Gasteiger partial charge in [-0.1, -0.05) is 0 Å². The summed E-state index contributed by atoms with van der Waals surface area (Å²) in [4.78, 5) is 10.1. The Kier molecular flexibility index (Phi) is 0.978. The number of cyclic esters (lactones) is 1. The normalized spacial score (nSPS) is 18.0. The lowest BCUT2D eigenvalue weighted by Gasteiger charge is -2.03. The Bertz CT molecular complexity index is 108. The third-order valence-electron chi connectivity index (χ3n) is 0.630. The van der Waals surface area contributed by atoms with Crippen LogP contribution in [-0.2, 0) is 4.74 Å². The zero-order chi connectivity index (χ0) is 5.11. The molecular weight excluding hydrogens is 94.0 g/mol. The summed E-state index contributed by atoms with van der Waals surface area (Å²) in [5.74, 6) is 0. The molecule has 0 saturated carbocycles. The van der Waals surface area contributed by atoms with Crippen molar-refractivity contribution in [2.24, 2.45) is 0 Å². The molecule has 0 spiro atoms. The van der Waals surface area contributed by atoms with Gasteiger partial charge >= 0.3 is 6.09 Å². The first-order chi connectivity index (χ1) is 3.39. The molecule has 3 heteroatoms. The summed E-state index contributed by atoms with van der Waals surface area (Å²) < 4.78 is 4.44. The molecule has 38 valence electrons. The highest BCUT2D eigenvalue weighted by Gasteiger charge is 1.98. The third kappa shape index (κ3) is 0.924. The van der Waals surface area contributed by atoms with Gasteiger partial charge in [0.15, 0.2) is 0 Å². The Morgan fingerprint density at radius 3 is 3.00 bits per heavy atom. The minimum absolute atomic E-state index is 0.373. The molecule has 0 atom stereocenters. The molecule has 0 bridgehead atoms. The van der Waals surface area contributed by atoms with E-state index < -0.39 is 0 Å². The highest BCUT2D eigenvalue weighted by atomic mass is 16.5. The Balaban J connectivity index is 2.47. The first kappa shape index (κ1) is 4.18. The second-order valence-electron chi connectivity index (χ2n) is 1.15. The van der Waals surface area contributed by atoms with Crippen molar-refractivity contribution >= 4 is 6.09 Å². The van der Waals surface area contributed by atoms with Gasteiger partial charge in [0.1, 0.15) is 6.61 Å². The van der Waals surface area contributed by atoms with Gasteiger partial charge in [-0.15, -0.1) is 0 Å². The largest absolute Gasteiger partial charge is 0.445 e. The van der Waals surface area contributed by atoms with Crippen LogP contribution in [-0.4, -0.2) is 12.7 Å². The lowest BCUT2D eigenvalue weighted by Crippen LogP contribution is -2.22. The van der Waals surface area contributed by atoms with E-state index in [9.17, 15) is 4.79 Å². The number of alkyl carbamates (subject to hydrolysis) is 1. The van der Waals surface area contributed by atoms with Crippen LogP contribution in [0.4, 0.5) is 4.79 Å². The highest BCUT2D eigenvalue weighted by molar-refractivity contribution is 5.69. The summed E-state index contributed by atoms with van der Waals surface area (Å²) in [7, 11) is 0. The molecular formula is C4H5NO2. The summed E-state index contributed by atoms with van der Waals surface area (Å²) in [6.45, 7) is 0.395. The van der Waals surface area contributed by atoms with Gasteiger partial charge in [-0.2, -0.15) is 0 Å². The van der Waals surface area contributed by atoms with Crippen LogP contribution in [0.25, 0.3) is 0 Å². The SMILES string of the molecule is O=C1NC=CCO1. The van der Waals surface area contributed by atoms with Crippen molar-refractivity contribution in [3.05, 3.63) is 12.3 Å². The maximum atomic E-state index is 10.1. The van der Waals surface area contributed by atoms with Gasteiger partial charge in [0.05, 0.1) is 0 Å². The lowest BCUT2D eigenvalue weighted by molar-refractivity contribution is 0.158. The van der Waals surface area contributed by atoms with Gasteiger partial charge in [-0.3, -0.25) is 5.32 Å². The Labute approximate surface area is 41.0 Å². The number of hydrogen-bond acceptors (Lipinski definition) is 2. The Hall–Kier alpha value is -0.990. The standard InChI is InChI=1S/C4H5NO2/c6-4-5-2-1-3-7-4/h1-2H,3H2,(H,5,6). The maximum absolute atomic E-state index is 10.1. The minimum Gasteiger partial charge on any atom is -0.445 e. The predicted molar refractivity (Wildman–Crippen MR) is 23.6 cm³/mol. The van der Waals surface area contributed by atoms with Crippen molar-refractivity contribution < 1.29 is 9.53 Å². The third-order valence-corrected chi connectivity index (χ3v) is 0.630. The molecule has 0 aromatic carbocycles. The fourth-order valence-electron chi connectivity index (χ4n) is 0.341. The van der Waals surface area contributed by atoms with Gasteiger partial charge in [-0.05, 0) is 6.08 Å². The van der Waals surface area contributed by atoms with Crippen LogP contribution in [0.5, 0.6) is 0 Å². The molecule has 1 aliphatic heterocycles. The molecule has 1 amide bonds. The van der Waals surface area contributed by atoms with Crippen LogP contribution >= 0.6 is 0 Å². The van der Waals surface area contributed by atoms with E-state index in [4.69, 9.17) is 0 Å². The minimum atomic E-state index is -0.373. The fourth-order valence-corrected chi connectivity index (χ4v) is 0.341. The van der Waals surface area contributed by atoms with Crippen molar-refractivity contribution in [1.29, 1.82) is 0 Å². The van der Waals surface area contributed by atoms with Crippen LogP contribution in [0.15, 0.2) is 12.3 Å². The van der Waals surface area contributed by atoms with Crippen molar-refractivity contribution in [2.45, 2.75) is 0 Å². The van der Waals surface area contributed by atoms with Crippen LogP contribution in [0.2, 0.25) is 0 Å². The topological polar surface area (TPSA) is 38.3 Å². The van der Waals surface area contributed by atoms with Crippen LogP contribution in [0.1, 0.15) is 0 Å². The van der Waals surface area contributed by atoms with Gasteiger partial charge in [0.2, 0.25) is 0 Å². The molecule has 0 fully saturated rings. The summed E-state index contributed by atoms with van der Waals surface area (Å²) in [5, 5.41) is 2.34. The summed E-state index contributed by atoms with van der Waals surface area (Å²) in [6.07, 6.45) is 2.91. The molecule has 1 N–H and O–H groups in total. The van der Waals surface area contributed by atoms with Crippen molar-refractivity contribution in [3.63, 3.8) is 0 Å². The van der Waals surface area contributed by atoms with Crippen molar-refractivity contribution in [1.82, 2.24) is 5.32 Å². The summed E-state index contributed by atoms with van der Waals surface area (Å²) in [5.41, 5.74) is 0. The van der Waals surface area contributed by atoms with E-state index in [1.54, 1.807) is 12.3 Å². The zero-order valence-electron chi connectivity index (χ0n) is 3.68. The van der Waals surface area contributed by atoms with Gasteiger partial charge in [0.25, 0.3) is 0 Å². The second kappa shape index (κ2) is 1.64. The second-order valence-corrected chi connectivity index (χ2v) is 1.15. The average molecular weight is 99.1 g/mol. The molecule has 3 nitrogen and oxygen atoms in total. The number of ether oxygens (including phenoxy) is 1. The van der Waals surface area contributed by atoms with Crippen LogP contribution < -0.4 is 5.32 Å².